The Bertz CT molecular complexity index is 439. The number of aromatic nitrogens is 1. The number of carbonyl (C=O) groups is 2. The van der Waals surface area contributed by atoms with Crippen molar-refractivity contribution in [1.82, 2.24) is 4.98 Å². The molecule has 0 radical (unpaired) electrons. The van der Waals surface area contributed by atoms with Crippen LogP contribution in [0.25, 0.3) is 0 Å². The van der Waals surface area contributed by atoms with Crippen LogP contribution >= 0.6 is 0 Å². The Morgan fingerprint density at radius 1 is 1.44 bits per heavy atom. The minimum atomic E-state index is -0.449. The van der Waals surface area contributed by atoms with Gasteiger partial charge in [0.25, 0.3) is 0 Å². The van der Waals surface area contributed by atoms with Gasteiger partial charge in [0, 0.05) is 24.4 Å². The second-order valence-electron chi connectivity index (χ2n) is 5.40. The Hall–Kier alpha value is -1.51. The highest BCUT2D eigenvalue weighted by Gasteiger charge is 2.35. The van der Waals surface area contributed by atoms with Gasteiger partial charge in [0.15, 0.2) is 5.78 Å². The fourth-order valence-corrected chi connectivity index (χ4v) is 2.62. The number of rotatable bonds is 3. The van der Waals surface area contributed by atoms with E-state index in [-0.39, 0.29) is 11.6 Å². The van der Waals surface area contributed by atoms with Crippen molar-refractivity contribution >= 4 is 11.6 Å². The van der Waals surface area contributed by atoms with Gasteiger partial charge in [-0.05, 0) is 36.8 Å². The molecule has 0 aromatic carbocycles. The molecule has 1 heterocycles. The van der Waals surface area contributed by atoms with Crippen molar-refractivity contribution in [3.05, 3.63) is 30.1 Å². The zero-order chi connectivity index (χ0) is 13.1. The van der Waals surface area contributed by atoms with Crippen LogP contribution in [-0.4, -0.2) is 16.6 Å². The molecule has 1 aliphatic carbocycles. The lowest BCUT2D eigenvalue weighted by atomic mass is 9.73. The summed E-state index contributed by atoms with van der Waals surface area (Å²) >= 11 is 0. The maximum atomic E-state index is 12.3. The molecule has 0 saturated heterocycles. The van der Waals surface area contributed by atoms with Crippen LogP contribution in [0, 0.1) is 17.8 Å². The zero-order valence-electron chi connectivity index (χ0n) is 10.9. The van der Waals surface area contributed by atoms with E-state index in [4.69, 9.17) is 0 Å². The molecule has 0 bridgehead atoms. The molecule has 2 rings (SSSR count). The number of hydrogen-bond donors (Lipinski definition) is 0. The Morgan fingerprint density at radius 2 is 2.22 bits per heavy atom. The first-order chi connectivity index (χ1) is 8.59. The highest BCUT2D eigenvalue weighted by atomic mass is 16.1. The van der Waals surface area contributed by atoms with E-state index in [1.165, 1.54) is 0 Å². The van der Waals surface area contributed by atoms with Gasteiger partial charge in [0.2, 0.25) is 0 Å². The molecule has 3 nitrogen and oxygen atoms in total. The van der Waals surface area contributed by atoms with Crippen molar-refractivity contribution in [3.8, 4) is 0 Å². The average molecular weight is 245 g/mol. The van der Waals surface area contributed by atoms with Crippen LogP contribution in [0.4, 0.5) is 0 Å². The molecule has 1 aliphatic rings. The van der Waals surface area contributed by atoms with Gasteiger partial charge in [-0.1, -0.05) is 13.8 Å². The summed E-state index contributed by atoms with van der Waals surface area (Å²) in [5.41, 5.74) is 0.556. The molecular formula is C15H19NO2. The molecule has 2 atom stereocenters. The lowest BCUT2D eigenvalue weighted by Crippen LogP contribution is -2.33. The molecule has 1 saturated carbocycles. The van der Waals surface area contributed by atoms with Crippen molar-refractivity contribution in [2.45, 2.75) is 33.1 Å². The van der Waals surface area contributed by atoms with Crippen molar-refractivity contribution in [2.24, 2.45) is 17.8 Å². The summed E-state index contributed by atoms with van der Waals surface area (Å²) in [6, 6.07) is 3.47. The van der Waals surface area contributed by atoms with E-state index in [9.17, 15) is 9.59 Å². The molecule has 0 spiro atoms. The van der Waals surface area contributed by atoms with Crippen LogP contribution in [-0.2, 0) is 4.79 Å². The molecule has 0 aliphatic heterocycles. The zero-order valence-corrected chi connectivity index (χ0v) is 10.9. The molecule has 0 N–H and O–H groups in total. The average Bonchev–Trinajstić information content (AvgIpc) is 2.39. The summed E-state index contributed by atoms with van der Waals surface area (Å²) < 4.78 is 0. The van der Waals surface area contributed by atoms with Gasteiger partial charge in [-0.2, -0.15) is 0 Å². The monoisotopic (exact) mass is 245 g/mol. The molecule has 1 aromatic rings. The Kier molecular flexibility index (Phi) is 3.90. The third kappa shape index (κ3) is 2.66. The summed E-state index contributed by atoms with van der Waals surface area (Å²) in [5, 5.41) is 0. The molecule has 96 valence electrons. The van der Waals surface area contributed by atoms with Crippen LogP contribution in [0.2, 0.25) is 0 Å². The van der Waals surface area contributed by atoms with Crippen LogP contribution in [0.3, 0.4) is 0 Å². The van der Waals surface area contributed by atoms with Crippen molar-refractivity contribution < 1.29 is 9.59 Å². The lowest BCUT2D eigenvalue weighted by molar-refractivity contribution is -0.124. The van der Waals surface area contributed by atoms with Crippen molar-refractivity contribution in [2.75, 3.05) is 0 Å². The first-order valence-electron chi connectivity index (χ1n) is 6.56. The molecule has 0 amide bonds. The van der Waals surface area contributed by atoms with Crippen molar-refractivity contribution in [1.29, 1.82) is 0 Å². The predicted octanol–water partition coefficient (Wildman–Crippen LogP) is 2.91. The number of hydrogen-bond acceptors (Lipinski definition) is 3. The SMILES string of the molecule is CC(C)C1CCC(=O)C(C(=O)c2cccnc2)C1. The molecule has 1 aromatic heterocycles. The minimum absolute atomic E-state index is 0.0570. The second-order valence-corrected chi connectivity index (χ2v) is 5.40. The quantitative estimate of drug-likeness (QED) is 0.607. The molecule has 2 unspecified atom stereocenters. The Morgan fingerprint density at radius 3 is 2.83 bits per heavy atom. The van der Waals surface area contributed by atoms with E-state index in [0.29, 0.717) is 30.2 Å². The third-order valence-electron chi connectivity index (χ3n) is 3.89. The standard InChI is InChI=1S/C15H19NO2/c1-10(2)11-5-6-14(17)13(8-11)15(18)12-4-3-7-16-9-12/h3-4,7,9-11,13H,5-6,8H2,1-2H3. The molecule has 3 heteroatoms. The first kappa shape index (κ1) is 12.9. The van der Waals surface area contributed by atoms with Gasteiger partial charge < -0.3 is 0 Å². The fourth-order valence-electron chi connectivity index (χ4n) is 2.62. The van der Waals surface area contributed by atoms with Crippen LogP contribution in [0.5, 0.6) is 0 Å². The topological polar surface area (TPSA) is 47.0 Å². The van der Waals surface area contributed by atoms with E-state index < -0.39 is 5.92 Å². The number of pyridine rings is 1. The maximum Gasteiger partial charge on any atom is 0.174 e. The number of nitrogens with zero attached hydrogens (tertiary/aromatic N) is 1. The number of Topliss-reactive ketones (excluding diaryl/α,β-unsaturated/α-hetero) is 2. The van der Waals surface area contributed by atoms with Gasteiger partial charge in [-0.15, -0.1) is 0 Å². The van der Waals surface area contributed by atoms with Gasteiger partial charge in [-0.25, -0.2) is 0 Å². The summed E-state index contributed by atoms with van der Waals surface area (Å²) in [5.74, 6) is 0.602. The van der Waals surface area contributed by atoms with Crippen LogP contribution in [0.15, 0.2) is 24.5 Å². The van der Waals surface area contributed by atoms with Crippen LogP contribution in [0.1, 0.15) is 43.5 Å². The van der Waals surface area contributed by atoms with Gasteiger partial charge in [-0.3, -0.25) is 14.6 Å². The minimum Gasteiger partial charge on any atom is -0.299 e. The van der Waals surface area contributed by atoms with Gasteiger partial charge in [0.05, 0.1) is 5.92 Å². The number of ketones is 2. The first-order valence-corrected chi connectivity index (χ1v) is 6.56. The lowest BCUT2D eigenvalue weighted by Gasteiger charge is -2.29. The maximum absolute atomic E-state index is 12.3. The van der Waals surface area contributed by atoms with E-state index >= 15 is 0 Å². The molecule has 1 fully saturated rings. The summed E-state index contributed by atoms with van der Waals surface area (Å²) in [7, 11) is 0. The summed E-state index contributed by atoms with van der Waals surface area (Å²) in [4.78, 5) is 28.2. The molecular weight excluding hydrogens is 226 g/mol. The predicted molar refractivity (Wildman–Crippen MR) is 69.2 cm³/mol. The van der Waals surface area contributed by atoms with Gasteiger partial charge in [0.1, 0.15) is 5.78 Å². The van der Waals surface area contributed by atoms with Gasteiger partial charge >= 0.3 is 0 Å². The van der Waals surface area contributed by atoms with Crippen LogP contribution < -0.4 is 0 Å². The smallest absolute Gasteiger partial charge is 0.174 e. The Balaban J connectivity index is 2.16. The fraction of sp³-hybridized carbons (Fsp3) is 0.533. The summed E-state index contributed by atoms with van der Waals surface area (Å²) in [6.07, 6.45) is 5.35. The highest BCUT2D eigenvalue weighted by molar-refractivity contribution is 6.10. The Labute approximate surface area is 108 Å². The number of carbonyl (C=O) groups excluding carboxylic acids is 2. The van der Waals surface area contributed by atoms with E-state index in [0.717, 1.165) is 6.42 Å². The third-order valence-corrected chi connectivity index (χ3v) is 3.89. The van der Waals surface area contributed by atoms with Crippen molar-refractivity contribution in [3.63, 3.8) is 0 Å². The van der Waals surface area contributed by atoms with E-state index in [2.05, 4.69) is 18.8 Å². The highest BCUT2D eigenvalue weighted by Crippen LogP contribution is 2.33. The largest absolute Gasteiger partial charge is 0.299 e. The second kappa shape index (κ2) is 5.42. The van der Waals surface area contributed by atoms with E-state index in [1.54, 1.807) is 24.5 Å². The summed E-state index contributed by atoms with van der Waals surface area (Å²) in [6.45, 7) is 4.32. The normalized spacial score (nSPS) is 24.3. The molecule has 18 heavy (non-hydrogen) atoms. The van der Waals surface area contributed by atoms with E-state index in [1.807, 2.05) is 0 Å².